The van der Waals surface area contributed by atoms with E-state index in [9.17, 15) is 4.39 Å². The van der Waals surface area contributed by atoms with Crippen LogP contribution in [0.1, 0.15) is 29.2 Å². The van der Waals surface area contributed by atoms with E-state index in [0.29, 0.717) is 5.75 Å². The van der Waals surface area contributed by atoms with Crippen molar-refractivity contribution in [1.82, 2.24) is 0 Å². The monoisotopic (exact) mass is 269 g/mol. The summed E-state index contributed by atoms with van der Waals surface area (Å²) in [6.07, 6.45) is 2.49. The van der Waals surface area contributed by atoms with Crippen LogP contribution in [0.3, 0.4) is 0 Å². The first-order valence-electron chi connectivity index (χ1n) is 6.96. The Kier molecular flexibility index (Phi) is 2.42. The molecule has 2 nitrogen and oxygen atoms in total. The highest BCUT2D eigenvalue weighted by atomic mass is 19.1. The van der Waals surface area contributed by atoms with Gasteiger partial charge in [0.2, 0.25) is 0 Å². The first-order chi connectivity index (χ1) is 9.65. The van der Waals surface area contributed by atoms with Crippen molar-refractivity contribution in [3.8, 4) is 5.75 Å². The van der Waals surface area contributed by atoms with E-state index in [-0.39, 0.29) is 17.5 Å². The van der Waals surface area contributed by atoms with Gasteiger partial charge < -0.3 is 10.5 Å². The van der Waals surface area contributed by atoms with Crippen LogP contribution in [0.4, 0.5) is 4.39 Å². The zero-order valence-electron chi connectivity index (χ0n) is 11.1. The largest absolute Gasteiger partial charge is 0.486 e. The Bertz CT molecular complexity index is 657. The highest BCUT2D eigenvalue weighted by Gasteiger charge is 2.44. The molecule has 2 N–H and O–H groups in total. The van der Waals surface area contributed by atoms with Gasteiger partial charge in [-0.2, -0.15) is 0 Å². The van der Waals surface area contributed by atoms with Gasteiger partial charge in [-0.15, -0.1) is 0 Å². The molecule has 0 fully saturated rings. The maximum absolute atomic E-state index is 13.4. The molecule has 2 aromatic rings. The summed E-state index contributed by atoms with van der Waals surface area (Å²) in [5.74, 6) is 0.333. The topological polar surface area (TPSA) is 35.2 Å². The normalized spacial score (nSPS) is 22.2. The maximum Gasteiger partial charge on any atom is 0.127 e. The third-order valence-corrected chi connectivity index (χ3v) is 4.44. The van der Waals surface area contributed by atoms with Crippen molar-refractivity contribution in [2.75, 3.05) is 0 Å². The zero-order chi connectivity index (χ0) is 13.7. The van der Waals surface area contributed by atoms with Gasteiger partial charge in [0.25, 0.3) is 0 Å². The second-order valence-corrected chi connectivity index (χ2v) is 5.90. The Balaban J connectivity index is 1.74. The van der Waals surface area contributed by atoms with Crippen LogP contribution in [-0.2, 0) is 12.8 Å². The van der Waals surface area contributed by atoms with Crippen molar-refractivity contribution in [2.45, 2.75) is 30.9 Å². The van der Waals surface area contributed by atoms with Crippen LogP contribution in [0.15, 0.2) is 42.5 Å². The van der Waals surface area contributed by atoms with Crippen LogP contribution in [0, 0.1) is 5.82 Å². The molecule has 0 aromatic heterocycles. The van der Waals surface area contributed by atoms with Gasteiger partial charge in [-0.1, -0.05) is 30.3 Å². The van der Waals surface area contributed by atoms with Gasteiger partial charge >= 0.3 is 0 Å². The Morgan fingerprint density at radius 2 is 1.80 bits per heavy atom. The standard InChI is InChI=1S/C17H16FNO/c18-13-5-6-14-15(19)10-17(20-16(14)7-13)8-11-3-1-2-4-12(11)9-17/h1-7,15H,8-10,19H2. The number of nitrogens with two attached hydrogens (primary N) is 1. The molecule has 20 heavy (non-hydrogen) atoms. The van der Waals surface area contributed by atoms with Gasteiger partial charge in [-0.05, 0) is 17.2 Å². The van der Waals surface area contributed by atoms with Crippen LogP contribution >= 0.6 is 0 Å². The minimum atomic E-state index is -0.302. The number of ether oxygens (including phenoxy) is 1. The van der Waals surface area contributed by atoms with Gasteiger partial charge in [0.1, 0.15) is 17.2 Å². The number of hydrogen-bond acceptors (Lipinski definition) is 2. The lowest BCUT2D eigenvalue weighted by Crippen LogP contribution is -2.43. The highest BCUT2D eigenvalue weighted by molar-refractivity contribution is 5.43. The minimum Gasteiger partial charge on any atom is -0.486 e. The molecule has 0 saturated carbocycles. The first kappa shape index (κ1) is 11.9. The maximum atomic E-state index is 13.4. The Labute approximate surface area is 117 Å². The third-order valence-electron chi connectivity index (χ3n) is 4.44. The molecule has 1 spiro atoms. The second-order valence-electron chi connectivity index (χ2n) is 5.90. The molecule has 1 atom stereocenters. The summed E-state index contributed by atoms with van der Waals surface area (Å²) in [7, 11) is 0. The van der Waals surface area contributed by atoms with Crippen molar-refractivity contribution < 1.29 is 9.13 Å². The lowest BCUT2D eigenvalue weighted by atomic mass is 9.85. The van der Waals surface area contributed by atoms with Crippen LogP contribution in [0.2, 0.25) is 0 Å². The molecule has 1 aliphatic carbocycles. The smallest absolute Gasteiger partial charge is 0.127 e. The van der Waals surface area contributed by atoms with E-state index in [1.165, 1.54) is 23.3 Å². The molecule has 1 aliphatic heterocycles. The summed E-state index contributed by atoms with van der Waals surface area (Å²) in [6, 6.07) is 12.9. The predicted octanol–water partition coefficient (Wildman–Crippen LogP) is 3.15. The van der Waals surface area contributed by atoms with Crippen molar-refractivity contribution in [2.24, 2.45) is 5.73 Å². The average Bonchev–Trinajstić information content (AvgIpc) is 2.74. The number of halogens is 1. The van der Waals surface area contributed by atoms with Gasteiger partial charge in [-0.25, -0.2) is 4.39 Å². The van der Waals surface area contributed by atoms with Crippen molar-refractivity contribution in [3.05, 3.63) is 65.0 Å². The summed E-state index contributed by atoms with van der Waals surface area (Å²) in [6.45, 7) is 0. The SMILES string of the molecule is NC1CC2(Cc3ccccc3C2)Oc2cc(F)ccc21. The molecular formula is C17H16FNO. The second kappa shape index (κ2) is 4.06. The molecule has 2 aliphatic rings. The molecule has 102 valence electrons. The van der Waals surface area contributed by atoms with Gasteiger partial charge in [0.05, 0.1) is 0 Å². The summed E-state index contributed by atoms with van der Waals surface area (Å²) in [5, 5.41) is 0. The number of rotatable bonds is 0. The molecule has 0 bridgehead atoms. The van der Waals surface area contributed by atoms with E-state index >= 15 is 0 Å². The van der Waals surface area contributed by atoms with E-state index in [4.69, 9.17) is 10.5 Å². The van der Waals surface area contributed by atoms with Crippen LogP contribution in [0.5, 0.6) is 5.75 Å². The fourth-order valence-electron chi connectivity index (χ4n) is 3.56. The van der Waals surface area contributed by atoms with E-state index in [1.807, 2.05) is 12.1 Å². The van der Waals surface area contributed by atoms with Crippen molar-refractivity contribution in [1.29, 1.82) is 0 Å². The van der Waals surface area contributed by atoms with Gasteiger partial charge in [-0.3, -0.25) is 0 Å². The summed E-state index contributed by atoms with van der Waals surface area (Å²) >= 11 is 0. The quantitative estimate of drug-likeness (QED) is 0.797. The highest BCUT2D eigenvalue weighted by Crippen LogP contribution is 2.45. The molecule has 0 amide bonds. The van der Waals surface area contributed by atoms with E-state index in [0.717, 1.165) is 24.8 Å². The molecule has 1 heterocycles. The molecule has 3 heteroatoms. The van der Waals surface area contributed by atoms with Gasteiger partial charge in [0, 0.05) is 36.9 Å². The minimum absolute atomic E-state index is 0.0892. The molecule has 0 radical (unpaired) electrons. The molecule has 2 aromatic carbocycles. The first-order valence-corrected chi connectivity index (χ1v) is 6.96. The Morgan fingerprint density at radius 3 is 2.50 bits per heavy atom. The van der Waals surface area contributed by atoms with Gasteiger partial charge in [0.15, 0.2) is 0 Å². The van der Waals surface area contributed by atoms with Crippen LogP contribution in [-0.4, -0.2) is 5.60 Å². The third kappa shape index (κ3) is 1.74. The lowest BCUT2D eigenvalue weighted by molar-refractivity contribution is 0.0456. The Hall–Kier alpha value is -1.87. The van der Waals surface area contributed by atoms with E-state index in [2.05, 4.69) is 12.1 Å². The number of fused-ring (bicyclic) bond motifs is 2. The molecule has 0 saturated heterocycles. The number of benzene rings is 2. The molecular weight excluding hydrogens is 253 g/mol. The zero-order valence-corrected chi connectivity index (χ0v) is 11.1. The Morgan fingerprint density at radius 1 is 1.10 bits per heavy atom. The average molecular weight is 269 g/mol. The van der Waals surface area contributed by atoms with Crippen LogP contribution < -0.4 is 10.5 Å². The molecule has 1 unspecified atom stereocenters. The van der Waals surface area contributed by atoms with E-state index in [1.54, 1.807) is 6.07 Å². The predicted molar refractivity (Wildman–Crippen MR) is 75.2 cm³/mol. The van der Waals surface area contributed by atoms with Crippen molar-refractivity contribution >= 4 is 0 Å². The summed E-state index contributed by atoms with van der Waals surface area (Å²) < 4.78 is 19.6. The van der Waals surface area contributed by atoms with Crippen molar-refractivity contribution in [3.63, 3.8) is 0 Å². The lowest BCUT2D eigenvalue weighted by Gasteiger charge is -2.38. The van der Waals surface area contributed by atoms with Crippen LogP contribution in [0.25, 0.3) is 0 Å². The fraction of sp³-hybridized carbons (Fsp3) is 0.294. The summed E-state index contributed by atoms with van der Waals surface area (Å²) in [4.78, 5) is 0. The fourth-order valence-corrected chi connectivity index (χ4v) is 3.56. The number of hydrogen-bond donors (Lipinski definition) is 1. The summed E-state index contributed by atoms with van der Waals surface area (Å²) in [5.41, 5.74) is 9.53. The molecule has 4 rings (SSSR count). The van der Waals surface area contributed by atoms with E-state index < -0.39 is 0 Å².